The van der Waals surface area contributed by atoms with Crippen molar-refractivity contribution in [3.05, 3.63) is 59.4 Å². The quantitative estimate of drug-likeness (QED) is 0.678. The zero-order chi connectivity index (χ0) is 17.6. The number of furan rings is 1. The molecule has 1 N–H and O–H groups in total. The maximum atomic E-state index is 11.9. The highest BCUT2D eigenvalue weighted by atomic mass is 16.5. The summed E-state index contributed by atoms with van der Waals surface area (Å²) in [7, 11) is 0. The Balaban J connectivity index is 1.60. The van der Waals surface area contributed by atoms with Gasteiger partial charge in [-0.1, -0.05) is 30.3 Å². The highest BCUT2D eigenvalue weighted by Crippen LogP contribution is 2.49. The van der Waals surface area contributed by atoms with Gasteiger partial charge in [0, 0.05) is 11.3 Å². The number of aromatic hydroxyl groups is 1. The van der Waals surface area contributed by atoms with E-state index in [1.807, 2.05) is 25.1 Å². The van der Waals surface area contributed by atoms with E-state index in [2.05, 4.69) is 12.1 Å². The molecule has 1 fully saturated rings. The van der Waals surface area contributed by atoms with Gasteiger partial charge in [0.1, 0.15) is 0 Å². The number of ether oxygens (including phenoxy) is 1. The van der Waals surface area contributed by atoms with Crippen molar-refractivity contribution in [3.8, 4) is 11.5 Å². The van der Waals surface area contributed by atoms with E-state index in [4.69, 9.17) is 9.15 Å². The maximum Gasteiger partial charge on any atom is 0.205 e. The minimum absolute atomic E-state index is 0.121. The van der Waals surface area contributed by atoms with Gasteiger partial charge in [0.15, 0.2) is 17.1 Å². The van der Waals surface area contributed by atoms with Gasteiger partial charge < -0.3 is 14.3 Å². The molecule has 0 spiro atoms. The van der Waals surface area contributed by atoms with Crippen molar-refractivity contribution >= 4 is 16.8 Å². The average molecular weight is 336 g/mol. The summed E-state index contributed by atoms with van der Waals surface area (Å²) in [6.45, 7) is 3.75. The van der Waals surface area contributed by atoms with E-state index in [1.165, 1.54) is 12.5 Å². The molecule has 1 saturated carbocycles. The highest BCUT2D eigenvalue weighted by Gasteiger charge is 2.39. The van der Waals surface area contributed by atoms with Crippen LogP contribution in [0.3, 0.4) is 0 Å². The van der Waals surface area contributed by atoms with Crippen molar-refractivity contribution < 1.29 is 19.1 Å². The van der Waals surface area contributed by atoms with E-state index in [1.54, 1.807) is 12.3 Å². The van der Waals surface area contributed by atoms with Crippen molar-refractivity contribution in [2.75, 3.05) is 6.61 Å². The minimum atomic E-state index is -0.184. The molecule has 0 saturated heterocycles. The number of hydrogen-bond donors (Lipinski definition) is 1. The van der Waals surface area contributed by atoms with Gasteiger partial charge in [-0.3, -0.25) is 4.79 Å². The molecule has 1 aromatic heterocycles. The van der Waals surface area contributed by atoms with E-state index < -0.39 is 0 Å². The number of aryl methyl sites for hydroxylation is 1. The number of Topliss-reactive ketones (excluding diaryl/α,β-unsaturated/α-hetero) is 1. The number of phenolic OH excluding ortho intramolecular Hbond substituents is 1. The van der Waals surface area contributed by atoms with Crippen molar-refractivity contribution in [1.82, 2.24) is 0 Å². The highest BCUT2D eigenvalue weighted by molar-refractivity contribution is 6.05. The Morgan fingerprint density at radius 3 is 2.76 bits per heavy atom. The van der Waals surface area contributed by atoms with Gasteiger partial charge in [0.2, 0.25) is 5.75 Å². The Kier molecular flexibility index (Phi) is 3.75. The Bertz CT molecular complexity index is 939. The lowest BCUT2D eigenvalue weighted by Crippen LogP contribution is -2.05. The maximum absolute atomic E-state index is 11.9. The van der Waals surface area contributed by atoms with Crippen LogP contribution in [0.1, 0.15) is 40.7 Å². The Morgan fingerprint density at radius 1 is 1.28 bits per heavy atom. The van der Waals surface area contributed by atoms with Gasteiger partial charge in [-0.2, -0.15) is 0 Å². The normalized spacial score (nSPS) is 19.1. The van der Waals surface area contributed by atoms with Crippen LogP contribution in [0.4, 0.5) is 0 Å². The molecule has 4 heteroatoms. The predicted octanol–water partition coefficient (Wildman–Crippen LogP) is 4.83. The fraction of sp³-hybridized carbons (Fsp3) is 0.286. The first kappa shape index (κ1) is 15.8. The Morgan fingerprint density at radius 2 is 2.04 bits per heavy atom. The first-order valence-electron chi connectivity index (χ1n) is 8.49. The number of ketones is 1. The van der Waals surface area contributed by atoms with Crippen LogP contribution in [0, 0.1) is 12.8 Å². The van der Waals surface area contributed by atoms with Crippen LogP contribution < -0.4 is 4.74 Å². The summed E-state index contributed by atoms with van der Waals surface area (Å²) in [4.78, 5) is 11.9. The van der Waals surface area contributed by atoms with Crippen LogP contribution in [0.15, 0.2) is 47.1 Å². The van der Waals surface area contributed by atoms with E-state index in [9.17, 15) is 9.90 Å². The van der Waals surface area contributed by atoms with Crippen LogP contribution in [0.2, 0.25) is 0 Å². The largest absolute Gasteiger partial charge is 0.504 e. The van der Waals surface area contributed by atoms with Gasteiger partial charge >= 0.3 is 0 Å². The Labute approximate surface area is 146 Å². The lowest BCUT2D eigenvalue weighted by Gasteiger charge is -2.13. The van der Waals surface area contributed by atoms with Crippen molar-refractivity contribution in [3.63, 3.8) is 0 Å². The van der Waals surface area contributed by atoms with Crippen LogP contribution in [0.25, 0.3) is 11.0 Å². The molecule has 4 rings (SSSR count). The molecule has 0 bridgehead atoms. The Hall–Kier alpha value is -2.75. The summed E-state index contributed by atoms with van der Waals surface area (Å²) < 4.78 is 11.4. The fourth-order valence-electron chi connectivity index (χ4n) is 3.61. The minimum Gasteiger partial charge on any atom is -0.504 e. The molecule has 1 heterocycles. The summed E-state index contributed by atoms with van der Waals surface area (Å²) in [5, 5.41) is 11.4. The van der Waals surface area contributed by atoms with Crippen LogP contribution >= 0.6 is 0 Å². The lowest BCUT2D eigenvalue weighted by atomic mass is 10.00. The summed E-state index contributed by atoms with van der Waals surface area (Å²) in [6.07, 6.45) is 2.62. The number of carbonyl (C=O) groups is 1. The molecule has 4 nitrogen and oxygen atoms in total. The summed E-state index contributed by atoms with van der Waals surface area (Å²) in [5.74, 6) is 0.873. The van der Waals surface area contributed by atoms with E-state index in [0.717, 1.165) is 17.4 Å². The third-order valence-corrected chi connectivity index (χ3v) is 5.05. The zero-order valence-electron chi connectivity index (χ0n) is 14.3. The SMILES string of the molecule is CC(=O)c1c(O)c(OC[C@H]2C[C@H]2c2ccccc2)c2occc2c1C. The monoisotopic (exact) mass is 336 g/mol. The van der Waals surface area contributed by atoms with Crippen molar-refractivity contribution in [2.24, 2.45) is 5.92 Å². The standard InChI is InChI=1S/C21H20O4/c1-12-16-8-9-24-20(16)21(19(23)18(12)13(2)22)25-11-15-10-17(15)14-6-4-3-5-7-14/h3-9,15,17,23H,10-11H2,1-2H3/t15-,17+/m1/s1. The van der Waals surface area contributed by atoms with E-state index >= 15 is 0 Å². The number of rotatable bonds is 5. The molecule has 1 aliphatic carbocycles. The molecule has 128 valence electrons. The van der Waals surface area contributed by atoms with Crippen molar-refractivity contribution in [1.29, 1.82) is 0 Å². The number of carbonyl (C=O) groups excluding carboxylic acids is 1. The molecule has 0 amide bonds. The summed E-state index contributed by atoms with van der Waals surface area (Å²) in [5.41, 5.74) is 2.84. The number of phenols is 1. The second-order valence-corrected chi connectivity index (χ2v) is 6.72. The smallest absolute Gasteiger partial charge is 0.205 e. The first-order valence-corrected chi connectivity index (χ1v) is 8.49. The molecular formula is C21H20O4. The molecular weight excluding hydrogens is 316 g/mol. The molecule has 1 aliphatic rings. The molecule has 0 unspecified atom stereocenters. The number of hydrogen-bond acceptors (Lipinski definition) is 4. The number of fused-ring (bicyclic) bond motifs is 1. The zero-order valence-corrected chi connectivity index (χ0v) is 14.3. The average Bonchev–Trinajstić information content (AvgIpc) is 3.20. The molecule has 3 aromatic rings. The summed E-state index contributed by atoms with van der Waals surface area (Å²) in [6, 6.07) is 12.2. The van der Waals surface area contributed by atoms with Gasteiger partial charge in [-0.15, -0.1) is 0 Å². The number of benzene rings is 2. The van der Waals surface area contributed by atoms with Crippen LogP contribution in [-0.2, 0) is 0 Å². The predicted molar refractivity (Wildman–Crippen MR) is 95.4 cm³/mol. The lowest BCUT2D eigenvalue weighted by molar-refractivity contribution is 0.101. The summed E-state index contributed by atoms with van der Waals surface area (Å²) >= 11 is 0. The second kappa shape index (κ2) is 5.96. The van der Waals surface area contributed by atoms with Gasteiger partial charge in [0.05, 0.1) is 18.4 Å². The molecule has 0 radical (unpaired) electrons. The van der Waals surface area contributed by atoms with Crippen LogP contribution in [-0.4, -0.2) is 17.5 Å². The molecule has 25 heavy (non-hydrogen) atoms. The van der Waals surface area contributed by atoms with E-state index in [-0.39, 0.29) is 17.3 Å². The fourth-order valence-corrected chi connectivity index (χ4v) is 3.61. The second-order valence-electron chi connectivity index (χ2n) is 6.72. The molecule has 0 aliphatic heterocycles. The van der Waals surface area contributed by atoms with Gasteiger partial charge in [-0.25, -0.2) is 0 Å². The molecule has 2 aromatic carbocycles. The third kappa shape index (κ3) is 2.68. The van der Waals surface area contributed by atoms with Gasteiger partial charge in [-0.05, 0) is 43.4 Å². The molecule has 2 atom stereocenters. The third-order valence-electron chi connectivity index (χ3n) is 5.05. The van der Waals surface area contributed by atoms with Crippen LogP contribution in [0.5, 0.6) is 11.5 Å². The van der Waals surface area contributed by atoms with Gasteiger partial charge in [0.25, 0.3) is 0 Å². The topological polar surface area (TPSA) is 59.7 Å². The first-order chi connectivity index (χ1) is 12.1. The van der Waals surface area contributed by atoms with Crippen molar-refractivity contribution in [2.45, 2.75) is 26.2 Å². The van der Waals surface area contributed by atoms with E-state index in [0.29, 0.717) is 29.6 Å².